The molecule has 1 aromatic heterocycles. The fourth-order valence-corrected chi connectivity index (χ4v) is 4.76. The summed E-state index contributed by atoms with van der Waals surface area (Å²) < 4.78 is 30.4. The standard InChI is InChI=1S/C12H19N3O4S2/c1-3-4-7-21(17,18)15-6-5-9-10(8-15)20-11(13-9)14-12(16)19-2/h3-8H2,1-2H3,(H,13,14,16). The summed E-state index contributed by atoms with van der Waals surface area (Å²) in [6, 6.07) is 0. The number of hydrogen-bond donors (Lipinski definition) is 1. The van der Waals surface area contributed by atoms with Crippen LogP contribution in [-0.2, 0) is 27.7 Å². The molecule has 0 radical (unpaired) electrons. The van der Waals surface area contributed by atoms with E-state index in [4.69, 9.17) is 0 Å². The van der Waals surface area contributed by atoms with Crippen molar-refractivity contribution < 1.29 is 17.9 Å². The first-order valence-electron chi connectivity index (χ1n) is 6.77. The zero-order chi connectivity index (χ0) is 15.5. The number of nitrogens with zero attached hydrogens (tertiary/aromatic N) is 2. The van der Waals surface area contributed by atoms with E-state index in [-0.39, 0.29) is 5.75 Å². The molecule has 9 heteroatoms. The number of carbonyl (C=O) groups excluding carboxylic acids is 1. The number of thiazole rings is 1. The van der Waals surface area contributed by atoms with Gasteiger partial charge in [-0.05, 0) is 6.42 Å². The van der Waals surface area contributed by atoms with Crippen molar-refractivity contribution in [2.75, 3.05) is 24.7 Å². The van der Waals surface area contributed by atoms with Crippen LogP contribution in [0.25, 0.3) is 0 Å². The minimum absolute atomic E-state index is 0.185. The number of sulfonamides is 1. The van der Waals surface area contributed by atoms with Gasteiger partial charge < -0.3 is 4.74 Å². The molecule has 2 heterocycles. The van der Waals surface area contributed by atoms with Gasteiger partial charge in [-0.2, -0.15) is 4.31 Å². The second kappa shape index (κ2) is 6.71. The Morgan fingerprint density at radius 1 is 1.52 bits per heavy atom. The second-order valence-corrected chi connectivity index (χ2v) is 7.93. The molecule has 1 aliphatic heterocycles. The maximum Gasteiger partial charge on any atom is 0.413 e. The van der Waals surface area contributed by atoms with Gasteiger partial charge in [0.05, 0.1) is 18.6 Å². The van der Waals surface area contributed by atoms with E-state index in [0.29, 0.717) is 31.1 Å². The molecule has 2 rings (SSSR count). The molecule has 7 nitrogen and oxygen atoms in total. The molecule has 118 valence electrons. The number of fused-ring (bicyclic) bond motifs is 1. The highest BCUT2D eigenvalue weighted by molar-refractivity contribution is 7.89. The van der Waals surface area contributed by atoms with E-state index >= 15 is 0 Å². The number of aromatic nitrogens is 1. The summed E-state index contributed by atoms with van der Waals surface area (Å²) in [6.07, 6.45) is 1.52. The predicted molar refractivity (Wildman–Crippen MR) is 81.0 cm³/mol. The average molecular weight is 333 g/mol. The molecule has 0 bridgehead atoms. The van der Waals surface area contributed by atoms with Crippen LogP contribution in [0.3, 0.4) is 0 Å². The lowest BCUT2D eigenvalue weighted by molar-refractivity contribution is 0.187. The largest absolute Gasteiger partial charge is 0.453 e. The molecule has 1 amide bonds. The summed E-state index contributed by atoms with van der Waals surface area (Å²) in [7, 11) is -1.92. The van der Waals surface area contributed by atoms with Crippen LogP contribution in [0, 0.1) is 0 Å². The minimum atomic E-state index is -3.21. The zero-order valence-electron chi connectivity index (χ0n) is 12.1. The average Bonchev–Trinajstić information content (AvgIpc) is 2.86. The first kappa shape index (κ1) is 16.2. The van der Waals surface area contributed by atoms with Crippen molar-refractivity contribution in [2.24, 2.45) is 0 Å². The Kier molecular flexibility index (Phi) is 5.17. The number of ether oxygens (including phenoxy) is 1. The van der Waals surface area contributed by atoms with Crippen LogP contribution in [0.5, 0.6) is 0 Å². The SMILES string of the molecule is CCCCS(=O)(=O)N1CCc2nc(NC(=O)OC)sc2C1. The first-order chi connectivity index (χ1) is 9.96. The van der Waals surface area contributed by atoms with E-state index in [1.54, 1.807) is 0 Å². The van der Waals surface area contributed by atoms with Crippen molar-refractivity contribution in [3.05, 3.63) is 10.6 Å². The summed E-state index contributed by atoms with van der Waals surface area (Å²) in [5, 5.41) is 2.96. The summed E-state index contributed by atoms with van der Waals surface area (Å²) >= 11 is 1.29. The zero-order valence-corrected chi connectivity index (χ0v) is 13.7. The van der Waals surface area contributed by atoms with Gasteiger partial charge in [0, 0.05) is 24.4 Å². The first-order valence-corrected chi connectivity index (χ1v) is 9.20. The van der Waals surface area contributed by atoms with Crippen molar-refractivity contribution in [3.8, 4) is 0 Å². The maximum absolute atomic E-state index is 12.2. The molecule has 1 aliphatic rings. The highest BCUT2D eigenvalue weighted by Crippen LogP contribution is 2.29. The fourth-order valence-electron chi connectivity index (χ4n) is 2.06. The number of nitrogens with one attached hydrogen (secondary N) is 1. The molecule has 1 N–H and O–H groups in total. The van der Waals surface area contributed by atoms with Gasteiger partial charge in [-0.1, -0.05) is 24.7 Å². The summed E-state index contributed by atoms with van der Waals surface area (Å²) in [5.41, 5.74) is 0.855. The highest BCUT2D eigenvalue weighted by atomic mass is 32.2. The van der Waals surface area contributed by atoms with Crippen molar-refractivity contribution in [2.45, 2.75) is 32.7 Å². The van der Waals surface area contributed by atoms with Crippen LogP contribution >= 0.6 is 11.3 Å². The van der Waals surface area contributed by atoms with Crippen LogP contribution in [-0.4, -0.2) is 43.2 Å². The fraction of sp³-hybridized carbons (Fsp3) is 0.667. The normalized spacial score (nSPS) is 15.5. The lowest BCUT2D eigenvalue weighted by Crippen LogP contribution is -2.37. The van der Waals surface area contributed by atoms with Gasteiger partial charge in [-0.25, -0.2) is 18.2 Å². The number of rotatable bonds is 5. The quantitative estimate of drug-likeness (QED) is 0.888. The van der Waals surface area contributed by atoms with E-state index in [1.165, 1.54) is 22.8 Å². The summed E-state index contributed by atoms with van der Waals surface area (Å²) in [4.78, 5) is 16.3. The predicted octanol–water partition coefficient (Wildman–Crippen LogP) is 1.81. The van der Waals surface area contributed by atoms with Gasteiger partial charge in [-0.3, -0.25) is 5.32 Å². The monoisotopic (exact) mass is 333 g/mol. The van der Waals surface area contributed by atoms with Gasteiger partial charge in [0.15, 0.2) is 5.13 Å². The third-order valence-electron chi connectivity index (χ3n) is 3.24. The lowest BCUT2D eigenvalue weighted by atomic mass is 10.2. The third-order valence-corrected chi connectivity index (χ3v) is 6.14. The molecule has 0 spiro atoms. The number of anilines is 1. The Morgan fingerprint density at radius 2 is 2.29 bits per heavy atom. The Bertz CT molecular complexity index is 612. The summed E-state index contributed by atoms with van der Waals surface area (Å²) in [5.74, 6) is 0.185. The number of hydrogen-bond acceptors (Lipinski definition) is 6. The second-order valence-electron chi connectivity index (χ2n) is 4.76. The van der Waals surface area contributed by atoms with E-state index < -0.39 is 16.1 Å². The highest BCUT2D eigenvalue weighted by Gasteiger charge is 2.28. The van der Waals surface area contributed by atoms with Crippen LogP contribution in [0.2, 0.25) is 0 Å². The van der Waals surface area contributed by atoms with Crippen molar-refractivity contribution in [1.82, 2.24) is 9.29 Å². The van der Waals surface area contributed by atoms with Gasteiger partial charge >= 0.3 is 6.09 Å². The maximum atomic E-state index is 12.2. The Labute approximate surface area is 128 Å². The molecule has 21 heavy (non-hydrogen) atoms. The smallest absolute Gasteiger partial charge is 0.413 e. The van der Waals surface area contributed by atoms with Gasteiger partial charge in [-0.15, -0.1) is 0 Å². The Morgan fingerprint density at radius 3 is 2.95 bits per heavy atom. The third kappa shape index (κ3) is 3.92. The van der Waals surface area contributed by atoms with E-state index in [9.17, 15) is 13.2 Å². The van der Waals surface area contributed by atoms with Gasteiger partial charge in [0.25, 0.3) is 0 Å². The Balaban J connectivity index is 2.08. The lowest BCUT2D eigenvalue weighted by Gasteiger charge is -2.25. The van der Waals surface area contributed by atoms with Crippen LogP contribution in [0.15, 0.2) is 0 Å². The number of unbranched alkanes of at least 4 members (excludes halogenated alkanes) is 1. The van der Waals surface area contributed by atoms with Crippen molar-refractivity contribution in [3.63, 3.8) is 0 Å². The van der Waals surface area contributed by atoms with Gasteiger partial charge in [0.1, 0.15) is 0 Å². The summed E-state index contributed by atoms with van der Waals surface area (Å²) in [6.45, 7) is 2.75. The number of amides is 1. The minimum Gasteiger partial charge on any atom is -0.453 e. The molecular weight excluding hydrogens is 314 g/mol. The molecule has 0 unspecified atom stereocenters. The molecule has 0 saturated heterocycles. The van der Waals surface area contributed by atoms with Crippen molar-refractivity contribution >= 4 is 32.6 Å². The van der Waals surface area contributed by atoms with E-state index in [0.717, 1.165) is 17.0 Å². The van der Waals surface area contributed by atoms with Crippen LogP contribution in [0.4, 0.5) is 9.93 Å². The molecule has 0 fully saturated rings. The van der Waals surface area contributed by atoms with E-state index in [2.05, 4.69) is 15.0 Å². The molecule has 1 aromatic rings. The topological polar surface area (TPSA) is 88.6 Å². The van der Waals surface area contributed by atoms with Crippen molar-refractivity contribution in [1.29, 1.82) is 0 Å². The molecule has 0 aliphatic carbocycles. The molecule has 0 saturated carbocycles. The van der Waals surface area contributed by atoms with E-state index in [1.807, 2.05) is 6.92 Å². The molecule has 0 aromatic carbocycles. The number of methoxy groups -OCH3 is 1. The van der Waals surface area contributed by atoms with Gasteiger partial charge in [0.2, 0.25) is 10.0 Å². The number of carbonyl (C=O) groups is 1. The molecular formula is C12H19N3O4S2. The molecule has 0 atom stereocenters. The van der Waals surface area contributed by atoms with Crippen LogP contribution < -0.4 is 5.32 Å². The Hall–Kier alpha value is -1.19. The van der Waals surface area contributed by atoms with Crippen LogP contribution in [0.1, 0.15) is 30.3 Å².